The second-order valence-electron chi connectivity index (χ2n) is 10.2. The predicted molar refractivity (Wildman–Crippen MR) is 145 cm³/mol. The van der Waals surface area contributed by atoms with Gasteiger partial charge < -0.3 is 60.9 Å². The first kappa shape index (κ1) is 28.3. The third-order valence-corrected chi connectivity index (χ3v) is 7.38. The molecular formula is C30H28O12. The van der Waals surface area contributed by atoms with Gasteiger partial charge in [0.1, 0.15) is 40.6 Å². The minimum atomic E-state index is -1.59. The average molecular weight is 581 g/mol. The fourth-order valence-corrected chi connectivity index (χ4v) is 5.32. The zero-order valence-electron chi connectivity index (χ0n) is 21.7. The number of hydrogen-bond donors (Lipinski definition) is 11. The number of aliphatic hydroxyl groups is 2. The molecule has 0 unspecified atom stereocenters. The van der Waals surface area contributed by atoms with E-state index in [9.17, 15) is 56.2 Å². The molecular weight excluding hydrogens is 552 g/mol. The topological polar surface area (TPSA) is 232 Å². The van der Waals surface area contributed by atoms with Crippen LogP contribution in [-0.4, -0.2) is 68.4 Å². The van der Waals surface area contributed by atoms with Crippen LogP contribution in [-0.2, 0) is 12.8 Å². The van der Waals surface area contributed by atoms with Gasteiger partial charge in [0.05, 0.1) is 12.2 Å². The third-order valence-electron chi connectivity index (χ3n) is 7.38. The fourth-order valence-electron chi connectivity index (χ4n) is 5.32. The lowest BCUT2D eigenvalue weighted by Crippen LogP contribution is -2.31. The van der Waals surface area contributed by atoms with Gasteiger partial charge in [-0.15, -0.1) is 0 Å². The number of ether oxygens (including phenoxy) is 1. The summed E-state index contributed by atoms with van der Waals surface area (Å²) in [6.45, 7) is 0. The van der Waals surface area contributed by atoms with E-state index in [1.807, 2.05) is 0 Å². The van der Waals surface area contributed by atoms with Crippen molar-refractivity contribution in [2.24, 2.45) is 0 Å². The SMILES string of the molecule is Oc1cc(O)c(C[C@H](O)[C@H](c2ccc(O)c(O)c2)c2c(O)cc3c(c2O)C[C@H](O)[C@H](c2ccc(O)c(O)c2)O3)c(O)c1. The van der Waals surface area contributed by atoms with Crippen molar-refractivity contribution in [2.45, 2.75) is 37.1 Å². The first-order chi connectivity index (χ1) is 19.8. The number of rotatable bonds is 6. The largest absolute Gasteiger partial charge is 0.508 e. The maximum Gasteiger partial charge on any atom is 0.157 e. The summed E-state index contributed by atoms with van der Waals surface area (Å²) < 4.78 is 5.87. The first-order valence-electron chi connectivity index (χ1n) is 12.7. The van der Waals surface area contributed by atoms with Crippen LogP contribution >= 0.6 is 0 Å². The van der Waals surface area contributed by atoms with Crippen LogP contribution in [0.2, 0.25) is 0 Å². The van der Waals surface area contributed by atoms with Crippen molar-refractivity contribution >= 4 is 0 Å². The monoisotopic (exact) mass is 580 g/mol. The van der Waals surface area contributed by atoms with Crippen LogP contribution in [0.15, 0.2) is 54.6 Å². The minimum absolute atomic E-state index is 0.00719. The lowest BCUT2D eigenvalue weighted by Gasteiger charge is -2.33. The number of phenols is 9. The van der Waals surface area contributed by atoms with Gasteiger partial charge in [-0.25, -0.2) is 0 Å². The molecule has 0 aliphatic carbocycles. The molecule has 1 heterocycles. The molecule has 1 aliphatic rings. The van der Waals surface area contributed by atoms with Gasteiger partial charge in [0.15, 0.2) is 23.0 Å². The van der Waals surface area contributed by atoms with E-state index >= 15 is 0 Å². The Morgan fingerprint density at radius 2 is 1.31 bits per heavy atom. The van der Waals surface area contributed by atoms with Crippen LogP contribution in [0.1, 0.15) is 39.8 Å². The standard InChI is InChI=1S/C30H28O12/c31-14-7-19(34)15(20(35)8-14)9-23(38)27(12-1-3-17(32)21(36)5-12)28-24(39)11-26-16(29(28)41)10-25(40)30(42-26)13-2-4-18(33)22(37)6-13/h1-8,11,23,25,27,30-41H,9-10H2/t23-,25-,27-,30-/m0/s1. The minimum Gasteiger partial charge on any atom is -0.508 e. The summed E-state index contributed by atoms with van der Waals surface area (Å²) in [6, 6.07) is 10.5. The van der Waals surface area contributed by atoms with E-state index in [-0.39, 0.29) is 40.2 Å². The molecule has 11 N–H and O–H groups in total. The predicted octanol–water partition coefficient (Wildman–Crippen LogP) is 2.81. The summed E-state index contributed by atoms with van der Waals surface area (Å²) in [5.41, 5.74) is 0.124. The van der Waals surface area contributed by atoms with Crippen molar-refractivity contribution in [3.05, 3.63) is 82.4 Å². The lowest BCUT2D eigenvalue weighted by molar-refractivity contribution is 0.0195. The van der Waals surface area contributed by atoms with E-state index in [1.54, 1.807) is 0 Å². The number of hydrogen-bond acceptors (Lipinski definition) is 12. The molecule has 0 saturated carbocycles. The van der Waals surface area contributed by atoms with Gasteiger partial charge >= 0.3 is 0 Å². The van der Waals surface area contributed by atoms with Crippen LogP contribution in [0.25, 0.3) is 0 Å². The molecule has 12 nitrogen and oxygen atoms in total. The Balaban J connectivity index is 1.60. The zero-order valence-corrected chi connectivity index (χ0v) is 21.7. The van der Waals surface area contributed by atoms with E-state index in [2.05, 4.69) is 0 Å². The van der Waals surface area contributed by atoms with E-state index in [4.69, 9.17) is 4.74 Å². The summed E-state index contributed by atoms with van der Waals surface area (Å²) in [6.07, 6.45) is -4.52. The lowest BCUT2D eigenvalue weighted by atomic mass is 9.80. The maximum absolute atomic E-state index is 11.4. The van der Waals surface area contributed by atoms with E-state index < -0.39 is 76.6 Å². The molecule has 0 bridgehead atoms. The van der Waals surface area contributed by atoms with Gasteiger partial charge in [0.2, 0.25) is 0 Å². The van der Waals surface area contributed by atoms with Crippen LogP contribution in [0.4, 0.5) is 0 Å². The van der Waals surface area contributed by atoms with Crippen LogP contribution < -0.4 is 4.74 Å². The van der Waals surface area contributed by atoms with Crippen molar-refractivity contribution < 1.29 is 60.9 Å². The molecule has 220 valence electrons. The van der Waals surface area contributed by atoms with Crippen molar-refractivity contribution in [3.8, 4) is 57.5 Å². The highest BCUT2D eigenvalue weighted by molar-refractivity contribution is 5.62. The highest BCUT2D eigenvalue weighted by Gasteiger charge is 2.37. The molecule has 4 aromatic carbocycles. The Bertz CT molecular complexity index is 1640. The highest BCUT2D eigenvalue weighted by Crippen LogP contribution is 2.50. The Labute approximate surface area is 238 Å². The Kier molecular flexibility index (Phi) is 7.19. The summed E-state index contributed by atoms with van der Waals surface area (Å²) >= 11 is 0. The normalized spacial score (nSPS) is 17.7. The maximum atomic E-state index is 11.4. The van der Waals surface area contributed by atoms with E-state index in [0.29, 0.717) is 5.56 Å². The van der Waals surface area contributed by atoms with Gasteiger partial charge in [-0.3, -0.25) is 0 Å². The smallest absolute Gasteiger partial charge is 0.157 e. The van der Waals surface area contributed by atoms with E-state index in [0.717, 1.165) is 24.3 Å². The van der Waals surface area contributed by atoms with Crippen LogP contribution in [0, 0.1) is 0 Å². The van der Waals surface area contributed by atoms with E-state index in [1.165, 1.54) is 30.3 Å². The van der Waals surface area contributed by atoms with Crippen LogP contribution in [0.3, 0.4) is 0 Å². The van der Waals surface area contributed by atoms with Crippen molar-refractivity contribution in [3.63, 3.8) is 0 Å². The molecule has 12 heteroatoms. The van der Waals surface area contributed by atoms with Crippen molar-refractivity contribution in [2.75, 3.05) is 0 Å². The second kappa shape index (κ2) is 10.7. The van der Waals surface area contributed by atoms with Gasteiger partial charge in [0, 0.05) is 53.6 Å². The Morgan fingerprint density at radius 1 is 0.690 bits per heavy atom. The summed E-state index contributed by atoms with van der Waals surface area (Å²) in [5, 5.41) is 115. The van der Waals surface area contributed by atoms with Crippen molar-refractivity contribution in [1.29, 1.82) is 0 Å². The number of fused-ring (bicyclic) bond motifs is 1. The molecule has 5 rings (SSSR count). The van der Waals surface area contributed by atoms with Gasteiger partial charge in [-0.2, -0.15) is 0 Å². The number of aromatic hydroxyl groups is 9. The molecule has 0 fully saturated rings. The van der Waals surface area contributed by atoms with Crippen molar-refractivity contribution in [1.82, 2.24) is 0 Å². The quantitative estimate of drug-likeness (QED) is 0.148. The zero-order chi connectivity index (χ0) is 30.5. The number of phenolic OH excluding ortho intramolecular Hbond substituents is 9. The molecule has 0 aromatic heterocycles. The summed E-state index contributed by atoms with van der Waals surface area (Å²) in [4.78, 5) is 0. The molecule has 0 amide bonds. The summed E-state index contributed by atoms with van der Waals surface area (Å²) in [7, 11) is 0. The van der Waals surface area contributed by atoms with Gasteiger partial charge in [-0.1, -0.05) is 12.1 Å². The molecule has 0 saturated heterocycles. The fraction of sp³-hybridized carbons (Fsp3) is 0.200. The van der Waals surface area contributed by atoms with Crippen LogP contribution in [0.5, 0.6) is 57.5 Å². The highest BCUT2D eigenvalue weighted by atomic mass is 16.5. The molecule has 4 aromatic rings. The molecule has 4 atom stereocenters. The Morgan fingerprint density at radius 3 is 1.93 bits per heavy atom. The summed E-state index contributed by atoms with van der Waals surface area (Å²) in [5.74, 6) is -5.76. The second-order valence-corrected chi connectivity index (χ2v) is 10.2. The first-order valence-corrected chi connectivity index (χ1v) is 12.7. The van der Waals surface area contributed by atoms with Gasteiger partial charge in [-0.05, 0) is 35.4 Å². The number of benzene rings is 4. The van der Waals surface area contributed by atoms with Gasteiger partial charge in [0.25, 0.3) is 0 Å². The molecule has 0 spiro atoms. The molecule has 0 radical (unpaired) electrons. The molecule has 42 heavy (non-hydrogen) atoms. The molecule has 1 aliphatic heterocycles. The Hall–Kier alpha value is -5.20. The third kappa shape index (κ3) is 5.04. The average Bonchev–Trinajstić information content (AvgIpc) is 2.92. The number of aliphatic hydroxyl groups excluding tert-OH is 2.